The molecule has 0 atom stereocenters. The van der Waals surface area contributed by atoms with Crippen molar-refractivity contribution in [2.45, 2.75) is 73.1 Å². The summed E-state index contributed by atoms with van der Waals surface area (Å²) in [5, 5.41) is 5.91. The van der Waals surface area contributed by atoms with Crippen LogP contribution in [0.4, 0.5) is 46.2 Å². The lowest BCUT2D eigenvalue weighted by molar-refractivity contribution is 0.0941. The molecular weight excluding hydrogens is 1870 g/mol. The predicted molar refractivity (Wildman–Crippen MR) is 495 cm³/mol. The number of carbonyl (C=O) groups is 2. The zero-order chi connectivity index (χ0) is 89.9. The number of carbonyl (C=O) groups excluding carboxylic acids is 2. The Morgan fingerprint density at radius 1 is 0.325 bits per heavy atom. The number of fused-ring (bicyclic) bond motifs is 8. The topological polar surface area (TPSA) is 445 Å². The van der Waals surface area contributed by atoms with Crippen molar-refractivity contribution < 1.29 is 42.7 Å². The van der Waals surface area contributed by atoms with Crippen LogP contribution in [-0.4, -0.2) is 128 Å². The molecule has 6 aromatic carbocycles. The summed E-state index contributed by atoms with van der Waals surface area (Å²) in [5.41, 5.74) is 59.8. The second-order valence-electron chi connectivity index (χ2n) is 28.6. The number of anilines is 7. The molecule has 648 valence electrons. The monoisotopic (exact) mass is 1940 g/mol. The van der Waals surface area contributed by atoms with Crippen molar-refractivity contribution in [1.29, 1.82) is 0 Å². The van der Waals surface area contributed by atoms with E-state index in [0.717, 1.165) is 92.0 Å². The summed E-state index contributed by atoms with van der Waals surface area (Å²) in [5.74, 6) is 4.76. The van der Waals surface area contributed by atoms with Gasteiger partial charge in [0, 0.05) is 142 Å². The quantitative estimate of drug-likeness (QED) is 0.0813. The summed E-state index contributed by atoms with van der Waals surface area (Å²) in [4.78, 5) is 74.4. The molecule has 8 aromatic heterocycles. The first-order chi connectivity index (χ1) is 60.1. The molecule has 0 saturated carbocycles. The average Bonchev–Trinajstić information content (AvgIpc) is 1.56. The fourth-order valence-corrected chi connectivity index (χ4v) is 19.2. The Kier molecular flexibility index (Phi) is 26.4. The second-order valence-corrected chi connectivity index (χ2v) is 33.5. The van der Waals surface area contributed by atoms with Crippen LogP contribution in [0.3, 0.4) is 0 Å². The molecule has 6 aliphatic heterocycles. The van der Waals surface area contributed by atoms with E-state index in [1.807, 2.05) is 39.0 Å². The van der Waals surface area contributed by atoms with Gasteiger partial charge in [-0.15, -0.1) is 0 Å². The molecule has 14 aromatic rings. The predicted octanol–water partition coefficient (Wildman–Crippen LogP) is 19.8. The Morgan fingerprint density at radius 2 is 0.579 bits per heavy atom. The van der Waals surface area contributed by atoms with Crippen molar-refractivity contribution >= 4 is 215 Å². The lowest BCUT2D eigenvalue weighted by Crippen LogP contribution is -2.11. The van der Waals surface area contributed by atoms with Gasteiger partial charge in [-0.2, -0.15) is 0 Å². The van der Waals surface area contributed by atoms with Gasteiger partial charge in [0.15, 0.2) is 0 Å². The third kappa shape index (κ3) is 17.9. The van der Waals surface area contributed by atoms with Crippen LogP contribution in [-0.2, 0) is 43.3 Å². The summed E-state index contributed by atoms with van der Waals surface area (Å²) >= 11 is 75.2. The van der Waals surface area contributed by atoms with Crippen molar-refractivity contribution in [3.63, 3.8) is 0 Å². The molecule has 126 heavy (non-hydrogen) atoms. The van der Waals surface area contributed by atoms with E-state index in [2.05, 4.69) is 59.8 Å². The molecule has 6 aliphatic rings. The number of hydrogen-bond acceptors (Lipinski definition) is 28. The Bertz CT molecular complexity index is 6510. The van der Waals surface area contributed by atoms with E-state index in [0.29, 0.717) is 232 Å². The highest BCUT2D eigenvalue weighted by Gasteiger charge is 2.34. The zero-order valence-corrected chi connectivity index (χ0v) is 76.1. The van der Waals surface area contributed by atoms with Crippen LogP contribution in [0.25, 0.3) is 89.6 Å². The maximum atomic E-state index is 12.1. The van der Waals surface area contributed by atoms with Crippen molar-refractivity contribution in [3.05, 3.63) is 196 Å². The molecule has 0 bridgehead atoms. The van der Waals surface area contributed by atoms with Crippen molar-refractivity contribution in [2.75, 3.05) is 86.9 Å². The highest BCUT2D eigenvalue weighted by molar-refractivity contribution is 6.41. The van der Waals surface area contributed by atoms with Crippen LogP contribution in [0.5, 0.6) is 34.5 Å². The molecule has 20 rings (SSSR count). The summed E-state index contributed by atoms with van der Waals surface area (Å²) in [6.45, 7) is 12.2. The molecule has 0 radical (unpaired) electrons. The Labute approximate surface area is 777 Å². The van der Waals surface area contributed by atoms with Crippen LogP contribution in [0.2, 0.25) is 60.3 Å². The Hall–Kier alpha value is -11.1. The molecule has 42 heteroatoms. The lowest BCUT2D eigenvalue weighted by Gasteiger charge is -2.14. The van der Waals surface area contributed by atoms with Crippen molar-refractivity contribution in [1.82, 2.24) is 68.9 Å². The zero-order valence-electron chi connectivity index (χ0n) is 67.0. The van der Waals surface area contributed by atoms with Gasteiger partial charge < -0.3 is 73.3 Å². The Morgan fingerprint density at radius 3 is 0.873 bits per heavy atom. The normalized spacial score (nSPS) is 13.1. The van der Waals surface area contributed by atoms with Crippen molar-refractivity contribution in [3.8, 4) is 102 Å². The molecule has 0 fully saturated rings. The van der Waals surface area contributed by atoms with Gasteiger partial charge in [-0.3, -0.25) is 9.36 Å². The molecule has 0 aliphatic carbocycles. The van der Waals surface area contributed by atoms with Crippen LogP contribution in [0.15, 0.2) is 79.1 Å². The van der Waals surface area contributed by atoms with Gasteiger partial charge in [-0.05, 0) is 94.4 Å². The van der Waals surface area contributed by atoms with E-state index in [-0.39, 0.29) is 41.6 Å². The minimum absolute atomic E-state index is 0.0730. The number of rotatable bonds is 6. The SMILES string of the molecule is CC(=O)n1ccc2nc(N)nc(-c3c(Cl)cc(Cl)c4c3CCO4)c21.COC(=O)n1ccc2nc(N)nc(-c3c(Cl)cc(Cl)c4c3CCO4)c21.Cc1cc(-c2c(Cl)cc(Cl)c3c2CCO3)nc(N)n1.Cc1cc(-c2c(Cl)cc(Cl)c3c2CCO3)nc(N)n1.Cc1cc(-c2c(Cl)cc(Cl)c3c2CCO3)nc(N)n1.Cc1nc(N)nc(-c2c(Cl)cc(Cl)c3c2CCO3)c1N. The van der Waals surface area contributed by atoms with Gasteiger partial charge in [0.2, 0.25) is 41.6 Å². The molecule has 0 saturated heterocycles. The van der Waals surface area contributed by atoms with Crippen LogP contribution in [0, 0.1) is 27.7 Å². The third-order valence-corrected chi connectivity index (χ3v) is 23.8. The van der Waals surface area contributed by atoms with E-state index in [4.69, 9.17) is 213 Å². The standard InChI is InChI=1S/C16H12Cl2N4O3.C16H12Cl2N4O2.C13H12Cl2N4O.3C13H11Cl2N3O/c1-24-16(23)22-4-2-10-13(22)12(21-15(19)20-10)11-7-3-5-25-14(7)9(18)6-8(11)17;1-7(23)22-4-2-11-14(22)13(21-16(19)20-11)12-8-3-5-24-15(8)10(18)6-9(12)17;1-5-10(16)11(19-13(17)18-5)9-6-2-3-20-12(6)8(15)4-7(9)14;3*1-6-4-10(18-13(16)17-6)11-7-2-3-19-12(7)9(15)5-8(11)14/h2,4,6H,3,5H2,1H3,(H2,19,20,21);2,4,6H,3,5H2,1H3,(H2,19,20,21);4H,2-3,16H2,1H3,(H2,17,18,19);3*4-5H,2-3H2,1H3,(H2,16,17,18). The third-order valence-electron chi connectivity index (χ3n) is 20.4. The minimum Gasteiger partial charge on any atom is -0.491 e. The van der Waals surface area contributed by atoms with Crippen LogP contribution < -0.4 is 68.6 Å². The first kappa shape index (κ1) is 89.7. The number of nitrogens with zero attached hydrogens (tertiary/aromatic N) is 14. The average molecular weight is 1940 g/mol. The van der Waals surface area contributed by atoms with Crippen molar-refractivity contribution in [2.24, 2.45) is 0 Å². The fourth-order valence-electron chi connectivity index (χ4n) is 15.3. The maximum absolute atomic E-state index is 12.1. The molecule has 14 N–H and O–H groups in total. The van der Waals surface area contributed by atoms with E-state index in [1.54, 1.807) is 67.8 Å². The molecule has 0 amide bonds. The molecule has 14 heterocycles. The van der Waals surface area contributed by atoms with Gasteiger partial charge in [0.25, 0.3) is 0 Å². The van der Waals surface area contributed by atoms with Gasteiger partial charge in [-0.25, -0.2) is 69.2 Å². The number of benzene rings is 6. The van der Waals surface area contributed by atoms with Gasteiger partial charge >= 0.3 is 6.09 Å². The summed E-state index contributed by atoms with van der Waals surface area (Å²) in [6, 6.07) is 18.8. The van der Waals surface area contributed by atoms with Gasteiger partial charge in [0.1, 0.15) is 62.6 Å². The van der Waals surface area contributed by atoms with Gasteiger partial charge in [-0.1, -0.05) is 139 Å². The summed E-state index contributed by atoms with van der Waals surface area (Å²) in [6.07, 6.45) is 6.87. The maximum Gasteiger partial charge on any atom is 0.418 e. The number of halogens is 12. The highest BCUT2D eigenvalue weighted by atomic mass is 35.5. The van der Waals surface area contributed by atoms with Crippen LogP contribution >= 0.6 is 139 Å². The molecule has 0 spiro atoms. The molecular formula is C84H69Cl12N21O9. The smallest absolute Gasteiger partial charge is 0.418 e. The number of ether oxygens (including phenoxy) is 7. The van der Waals surface area contributed by atoms with Gasteiger partial charge in [0.05, 0.1) is 147 Å². The number of hydrogen-bond donors (Lipinski definition) is 7. The number of nitrogens with two attached hydrogens (primary N) is 7. The first-order valence-corrected chi connectivity index (χ1v) is 42.6. The molecule has 30 nitrogen and oxygen atoms in total. The fraction of sp³-hybridized carbons (Fsp3) is 0.214. The van der Waals surface area contributed by atoms with E-state index in [1.165, 1.54) is 23.2 Å². The first-order valence-electron chi connectivity index (χ1n) is 38.1. The van der Waals surface area contributed by atoms with E-state index < -0.39 is 6.09 Å². The lowest BCUT2D eigenvalue weighted by atomic mass is 10.0. The number of aromatic nitrogens is 14. The number of methoxy groups -OCH3 is 1. The molecule has 0 unspecified atom stereocenters. The summed E-state index contributed by atoms with van der Waals surface area (Å²) < 4.78 is 41.0. The minimum atomic E-state index is -0.567. The highest BCUT2D eigenvalue weighted by Crippen LogP contribution is 2.52. The van der Waals surface area contributed by atoms with Crippen LogP contribution in [0.1, 0.15) is 67.9 Å². The largest absolute Gasteiger partial charge is 0.491 e. The number of aryl methyl sites for hydroxylation is 4. The van der Waals surface area contributed by atoms with E-state index in [9.17, 15) is 9.59 Å². The second kappa shape index (κ2) is 37.1. The number of nitrogen functional groups attached to an aromatic ring is 7. The van der Waals surface area contributed by atoms with E-state index >= 15 is 0 Å². The Balaban J connectivity index is 0.000000117. The summed E-state index contributed by atoms with van der Waals surface area (Å²) in [7, 11) is 1.30.